The number of hydrogen-bond acceptors (Lipinski definition) is 5. The van der Waals surface area contributed by atoms with Crippen molar-refractivity contribution in [3.8, 4) is 0 Å². The number of nitrogens with two attached hydrogens (primary N) is 1. The fraction of sp³-hybridized carbons (Fsp3) is 0.286. The van der Waals surface area contributed by atoms with Crippen molar-refractivity contribution < 1.29 is 0 Å². The van der Waals surface area contributed by atoms with Gasteiger partial charge in [0.05, 0.1) is 5.75 Å². The Morgan fingerprint density at radius 3 is 2.75 bits per heavy atom. The molecule has 1 aromatic heterocycles. The van der Waals surface area contributed by atoms with Crippen LogP contribution in [0.3, 0.4) is 0 Å². The molecule has 0 fully saturated rings. The molecule has 4 nitrogen and oxygen atoms in total. The van der Waals surface area contributed by atoms with Crippen molar-refractivity contribution in [2.24, 2.45) is 5.84 Å². The Morgan fingerprint density at radius 2 is 2.00 bits per heavy atom. The summed E-state index contributed by atoms with van der Waals surface area (Å²) in [6.45, 7) is 0. The summed E-state index contributed by atoms with van der Waals surface area (Å²) in [7, 11) is 0. The normalized spacial score (nSPS) is 13.3. The zero-order valence-electron chi connectivity index (χ0n) is 10.9. The maximum atomic E-state index is 5.88. The smallest absolute Gasteiger partial charge is 0.147 e. The number of nitrogen functional groups attached to an aromatic ring is 1. The highest BCUT2D eigenvalue weighted by Gasteiger charge is 2.18. The highest BCUT2D eigenvalue weighted by Crippen LogP contribution is 2.28. The number of fused-ring (bicyclic) bond motifs is 1. The summed E-state index contributed by atoms with van der Waals surface area (Å²) in [6.07, 6.45) is 3.16. The van der Waals surface area contributed by atoms with E-state index in [-0.39, 0.29) is 0 Å². The summed E-state index contributed by atoms with van der Waals surface area (Å²) in [6, 6.07) is 7.78. The van der Waals surface area contributed by atoms with Gasteiger partial charge in [-0.15, -0.1) is 11.8 Å². The van der Waals surface area contributed by atoms with Gasteiger partial charge in [0.2, 0.25) is 0 Å². The lowest BCUT2D eigenvalue weighted by Crippen LogP contribution is -2.13. The first-order valence-corrected chi connectivity index (χ1v) is 7.86. The number of benzene rings is 1. The van der Waals surface area contributed by atoms with Crippen LogP contribution in [0.15, 0.2) is 29.2 Å². The molecule has 0 spiro atoms. The van der Waals surface area contributed by atoms with Gasteiger partial charge in [0.15, 0.2) is 0 Å². The molecule has 0 aliphatic heterocycles. The summed E-state index contributed by atoms with van der Waals surface area (Å²) < 4.78 is 0. The van der Waals surface area contributed by atoms with Crippen molar-refractivity contribution in [1.82, 2.24) is 9.97 Å². The molecule has 1 aromatic carbocycles. The van der Waals surface area contributed by atoms with Crippen LogP contribution in [-0.4, -0.2) is 9.97 Å². The van der Waals surface area contributed by atoms with Gasteiger partial charge in [-0.05, 0) is 43.5 Å². The van der Waals surface area contributed by atoms with Gasteiger partial charge < -0.3 is 5.43 Å². The van der Waals surface area contributed by atoms with E-state index >= 15 is 0 Å². The summed E-state index contributed by atoms with van der Waals surface area (Å²) in [5.41, 5.74) is 5.01. The molecule has 0 saturated carbocycles. The van der Waals surface area contributed by atoms with Crippen LogP contribution in [0.4, 0.5) is 5.82 Å². The molecule has 0 saturated heterocycles. The van der Waals surface area contributed by atoms with Crippen molar-refractivity contribution in [3.05, 3.63) is 46.4 Å². The molecule has 3 N–H and O–H groups in total. The topological polar surface area (TPSA) is 63.8 Å². The highest BCUT2D eigenvalue weighted by molar-refractivity contribution is 7.98. The van der Waals surface area contributed by atoms with E-state index in [0.717, 1.165) is 52.3 Å². The third-order valence-electron chi connectivity index (χ3n) is 3.30. The quantitative estimate of drug-likeness (QED) is 0.516. The van der Waals surface area contributed by atoms with Gasteiger partial charge in [-0.2, -0.15) is 0 Å². The summed E-state index contributed by atoms with van der Waals surface area (Å²) in [5, 5.41) is 0.748. The first-order chi connectivity index (χ1) is 9.76. The van der Waals surface area contributed by atoms with Crippen LogP contribution < -0.4 is 11.3 Å². The number of nitrogens with one attached hydrogen (secondary N) is 1. The van der Waals surface area contributed by atoms with Crippen LogP contribution in [0.1, 0.15) is 23.5 Å². The molecular weight excluding hydrogens is 292 g/mol. The fourth-order valence-corrected chi connectivity index (χ4v) is 3.23. The molecular formula is C14H15ClN4S. The molecule has 20 heavy (non-hydrogen) atoms. The van der Waals surface area contributed by atoms with Gasteiger partial charge in [-0.3, -0.25) is 0 Å². The number of aromatic nitrogens is 2. The number of rotatable bonds is 4. The molecule has 3 rings (SSSR count). The minimum atomic E-state index is 0.726. The molecule has 1 aliphatic carbocycles. The first-order valence-electron chi connectivity index (χ1n) is 6.50. The lowest BCUT2D eigenvalue weighted by Gasteiger charge is -2.09. The van der Waals surface area contributed by atoms with Gasteiger partial charge in [0, 0.05) is 21.2 Å². The Labute approximate surface area is 127 Å². The molecule has 0 radical (unpaired) electrons. The number of hydrogen-bond donors (Lipinski definition) is 2. The van der Waals surface area contributed by atoms with Crippen molar-refractivity contribution in [3.63, 3.8) is 0 Å². The highest BCUT2D eigenvalue weighted by atomic mass is 35.5. The minimum absolute atomic E-state index is 0.726. The molecule has 6 heteroatoms. The average molecular weight is 307 g/mol. The zero-order chi connectivity index (χ0) is 13.9. The molecule has 2 aromatic rings. The molecule has 0 unspecified atom stereocenters. The maximum absolute atomic E-state index is 5.88. The Kier molecular flexibility index (Phi) is 4.10. The molecule has 0 amide bonds. The van der Waals surface area contributed by atoms with E-state index in [1.807, 2.05) is 24.3 Å². The van der Waals surface area contributed by atoms with E-state index in [1.165, 1.54) is 5.56 Å². The number of nitrogens with zero attached hydrogens (tertiary/aromatic N) is 2. The Bertz CT molecular complexity index is 615. The van der Waals surface area contributed by atoms with Crippen LogP contribution in [0, 0.1) is 0 Å². The van der Waals surface area contributed by atoms with Crippen LogP contribution in [0.25, 0.3) is 0 Å². The number of hydrazine groups is 1. The number of halogens is 1. The molecule has 0 atom stereocenters. The Hall–Kier alpha value is -1.30. The lowest BCUT2D eigenvalue weighted by molar-refractivity contribution is 0.893. The predicted molar refractivity (Wildman–Crippen MR) is 82.9 cm³/mol. The van der Waals surface area contributed by atoms with Crippen molar-refractivity contribution >= 4 is 29.2 Å². The Morgan fingerprint density at radius 1 is 1.20 bits per heavy atom. The zero-order valence-corrected chi connectivity index (χ0v) is 12.5. The number of thioether (sulfide) groups is 1. The second kappa shape index (κ2) is 5.99. The lowest BCUT2D eigenvalue weighted by atomic mass is 10.2. The van der Waals surface area contributed by atoms with E-state index < -0.39 is 0 Å². The second-order valence-corrected chi connectivity index (χ2v) is 6.14. The molecule has 1 heterocycles. The minimum Gasteiger partial charge on any atom is -0.308 e. The molecule has 1 aliphatic rings. The molecule has 0 bridgehead atoms. The van der Waals surface area contributed by atoms with E-state index in [1.54, 1.807) is 11.8 Å². The summed E-state index contributed by atoms with van der Waals surface area (Å²) >= 11 is 7.57. The first kappa shape index (κ1) is 13.7. The largest absolute Gasteiger partial charge is 0.308 e. The van der Waals surface area contributed by atoms with Crippen LogP contribution >= 0.6 is 23.4 Å². The number of anilines is 1. The Balaban J connectivity index is 1.76. The monoisotopic (exact) mass is 306 g/mol. The second-order valence-electron chi connectivity index (χ2n) is 4.65. The predicted octanol–water partition coefficient (Wildman–Crippen LogP) is 3.20. The molecule has 104 valence electrons. The van der Waals surface area contributed by atoms with Crippen molar-refractivity contribution in [1.29, 1.82) is 0 Å². The SMILES string of the molecule is NNc1nc(CSc2ccc(Cl)cc2)nc2c1CCC2. The maximum Gasteiger partial charge on any atom is 0.147 e. The van der Waals surface area contributed by atoms with Gasteiger partial charge in [-0.1, -0.05) is 11.6 Å². The van der Waals surface area contributed by atoms with Gasteiger partial charge in [0.25, 0.3) is 0 Å². The van der Waals surface area contributed by atoms with E-state index in [0.29, 0.717) is 0 Å². The van der Waals surface area contributed by atoms with Crippen molar-refractivity contribution in [2.45, 2.75) is 29.9 Å². The van der Waals surface area contributed by atoms with Crippen LogP contribution in [-0.2, 0) is 18.6 Å². The van der Waals surface area contributed by atoms with Gasteiger partial charge in [0.1, 0.15) is 11.6 Å². The van der Waals surface area contributed by atoms with Crippen LogP contribution in [0.5, 0.6) is 0 Å². The number of aryl methyl sites for hydroxylation is 1. The summed E-state index contributed by atoms with van der Waals surface area (Å²) in [4.78, 5) is 10.3. The van der Waals surface area contributed by atoms with Crippen molar-refractivity contribution in [2.75, 3.05) is 5.43 Å². The summed E-state index contributed by atoms with van der Waals surface area (Å²) in [5.74, 6) is 7.87. The van der Waals surface area contributed by atoms with E-state index in [9.17, 15) is 0 Å². The standard InChI is InChI=1S/C14H15ClN4S/c15-9-4-6-10(7-5-9)20-8-13-17-12-3-1-2-11(12)14(18-13)19-16/h4-7H,1-3,8,16H2,(H,17,18,19). The van der Waals surface area contributed by atoms with E-state index in [2.05, 4.69) is 15.4 Å². The fourth-order valence-electron chi connectivity index (χ4n) is 2.35. The third kappa shape index (κ3) is 2.90. The van der Waals surface area contributed by atoms with Crippen LogP contribution in [0.2, 0.25) is 5.02 Å². The third-order valence-corrected chi connectivity index (χ3v) is 4.56. The average Bonchev–Trinajstić information content (AvgIpc) is 2.94. The van der Waals surface area contributed by atoms with E-state index in [4.69, 9.17) is 17.4 Å². The van der Waals surface area contributed by atoms with Gasteiger partial charge >= 0.3 is 0 Å². The van der Waals surface area contributed by atoms with Gasteiger partial charge in [-0.25, -0.2) is 15.8 Å².